The van der Waals surface area contributed by atoms with Crippen LogP contribution in [0, 0.1) is 6.92 Å². The molecule has 4 aromatic rings. The number of benzene rings is 1. The van der Waals surface area contributed by atoms with Crippen molar-refractivity contribution < 1.29 is 8.83 Å². The molecule has 0 unspecified atom stereocenters. The van der Waals surface area contributed by atoms with Crippen LogP contribution in [0.5, 0.6) is 0 Å². The molecular formula is C16H11ClN4O3S. The number of rotatable bonds is 4. The molecule has 0 spiro atoms. The molecular weight excluding hydrogens is 364 g/mol. The Morgan fingerprint density at radius 1 is 1.28 bits per heavy atom. The average Bonchev–Trinajstić information content (AvgIpc) is 3.21. The smallest absolute Gasteiger partial charge is 0.277 e. The fourth-order valence-electron chi connectivity index (χ4n) is 2.34. The predicted octanol–water partition coefficient (Wildman–Crippen LogP) is 3.82. The van der Waals surface area contributed by atoms with Crippen LogP contribution >= 0.6 is 23.4 Å². The molecule has 0 saturated heterocycles. The second kappa shape index (κ2) is 6.38. The van der Waals surface area contributed by atoms with Gasteiger partial charge in [0.15, 0.2) is 0 Å². The number of furan rings is 1. The van der Waals surface area contributed by atoms with E-state index < -0.39 is 0 Å². The molecule has 0 aliphatic rings. The molecule has 0 saturated carbocycles. The van der Waals surface area contributed by atoms with Gasteiger partial charge >= 0.3 is 0 Å². The molecule has 0 fully saturated rings. The van der Waals surface area contributed by atoms with Crippen LogP contribution in [0.2, 0.25) is 5.02 Å². The first-order chi connectivity index (χ1) is 12.1. The molecule has 0 bridgehead atoms. The maximum absolute atomic E-state index is 12.1. The molecule has 126 valence electrons. The lowest BCUT2D eigenvalue weighted by Gasteiger charge is -2.01. The lowest BCUT2D eigenvalue weighted by molar-refractivity contribution is 0.463. The molecule has 0 aliphatic heterocycles. The van der Waals surface area contributed by atoms with Crippen molar-refractivity contribution in [3.05, 3.63) is 57.5 Å². The zero-order chi connectivity index (χ0) is 17.4. The molecule has 3 aromatic heterocycles. The van der Waals surface area contributed by atoms with Crippen LogP contribution in [0.3, 0.4) is 0 Å². The minimum absolute atomic E-state index is 0.211. The van der Waals surface area contributed by atoms with Crippen LogP contribution in [0.25, 0.3) is 22.4 Å². The standard InChI is InChI=1S/C16H11ClN4O3S/c1-8-10(4-5-23-8)15-20-21-16(24-15)25-7-13-18-12-6-9(17)2-3-11(12)14(22)19-13/h2-6H,7H2,1H3,(H,18,19,22). The Kier molecular flexibility index (Phi) is 4.06. The Morgan fingerprint density at radius 3 is 2.96 bits per heavy atom. The van der Waals surface area contributed by atoms with Gasteiger partial charge in [-0.25, -0.2) is 4.98 Å². The summed E-state index contributed by atoms with van der Waals surface area (Å²) >= 11 is 7.24. The van der Waals surface area contributed by atoms with E-state index in [0.717, 1.165) is 5.56 Å². The lowest BCUT2D eigenvalue weighted by Crippen LogP contribution is -2.11. The van der Waals surface area contributed by atoms with Gasteiger partial charge in [-0.15, -0.1) is 10.2 Å². The fraction of sp³-hybridized carbons (Fsp3) is 0.125. The number of thioether (sulfide) groups is 1. The third-order valence-electron chi connectivity index (χ3n) is 3.55. The molecule has 0 radical (unpaired) electrons. The highest BCUT2D eigenvalue weighted by Crippen LogP contribution is 2.27. The van der Waals surface area contributed by atoms with Gasteiger partial charge in [0.2, 0.25) is 0 Å². The summed E-state index contributed by atoms with van der Waals surface area (Å²) in [6.45, 7) is 1.82. The summed E-state index contributed by atoms with van der Waals surface area (Å²) in [4.78, 5) is 19.3. The van der Waals surface area contributed by atoms with Gasteiger partial charge in [0.25, 0.3) is 16.7 Å². The van der Waals surface area contributed by atoms with E-state index in [1.807, 2.05) is 6.92 Å². The Labute approximate surface area is 150 Å². The van der Waals surface area contributed by atoms with Crippen molar-refractivity contribution >= 4 is 34.3 Å². The van der Waals surface area contributed by atoms with Crippen molar-refractivity contribution in [1.82, 2.24) is 20.2 Å². The van der Waals surface area contributed by atoms with Gasteiger partial charge in [-0.3, -0.25) is 4.79 Å². The largest absolute Gasteiger partial charge is 0.469 e. The topological polar surface area (TPSA) is 97.8 Å². The predicted molar refractivity (Wildman–Crippen MR) is 93.7 cm³/mol. The summed E-state index contributed by atoms with van der Waals surface area (Å²) in [5.41, 5.74) is 1.09. The van der Waals surface area contributed by atoms with Crippen molar-refractivity contribution in [3.8, 4) is 11.5 Å². The van der Waals surface area contributed by atoms with Crippen LogP contribution < -0.4 is 5.56 Å². The van der Waals surface area contributed by atoms with E-state index in [-0.39, 0.29) is 5.56 Å². The first-order valence-corrected chi connectivity index (χ1v) is 8.66. The Morgan fingerprint density at radius 2 is 2.16 bits per heavy atom. The van der Waals surface area contributed by atoms with Crippen molar-refractivity contribution in [2.24, 2.45) is 0 Å². The van der Waals surface area contributed by atoms with Gasteiger partial charge < -0.3 is 13.8 Å². The second-order valence-electron chi connectivity index (χ2n) is 5.23. The maximum Gasteiger partial charge on any atom is 0.277 e. The van der Waals surface area contributed by atoms with Crippen molar-refractivity contribution in [1.29, 1.82) is 0 Å². The SMILES string of the molecule is Cc1occc1-c1nnc(SCc2nc3cc(Cl)ccc3c(=O)[nH]2)o1. The van der Waals surface area contributed by atoms with Gasteiger partial charge in [-0.2, -0.15) is 0 Å². The highest BCUT2D eigenvalue weighted by atomic mass is 35.5. The number of nitrogens with one attached hydrogen (secondary N) is 1. The summed E-state index contributed by atoms with van der Waals surface area (Å²) in [7, 11) is 0. The van der Waals surface area contributed by atoms with Gasteiger partial charge in [-0.05, 0) is 31.2 Å². The first-order valence-electron chi connectivity index (χ1n) is 7.29. The van der Waals surface area contributed by atoms with Gasteiger partial charge in [0.1, 0.15) is 11.6 Å². The van der Waals surface area contributed by atoms with Crippen molar-refractivity contribution in [2.45, 2.75) is 17.9 Å². The lowest BCUT2D eigenvalue weighted by atomic mass is 10.2. The van der Waals surface area contributed by atoms with Crippen LogP contribution in [0.1, 0.15) is 11.6 Å². The Bertz CT molecular complexity index is 1120. The number of aryl methyl sites for hydroxylation is 1. The molecule has 9 heteroatoms. The average molecular weight is 375 g/mol. The summed E-state index contributed by atoms with van der Waals surface area (Å²) in [5, 5.41) is 9.40. The van der Waals surface area contributed by atoms with Crippen LogP contribution in [0.15, 0.2) is 49.4 Å². The van der Waals surface area contributed by atoms with E-state index in [2.05, 4.69) is 20.2 Å². The first kappa shape index (κ1) is 15.9. The third-order valence-corrected chi connectivity index (χ3v) is 4.61. The van der Waals surface area contributed by atoms with E-state index >= 15 is 0 Å². The van der Waals surface area contributed by atoms with Crippen molar-refractivity contribution in [3.63, 3.8) is 0 Å². The van der Waals surface area contributed by atoms with E-state index in [0.29, 0.717) is 44.4 Å². The Balaban J connectivity index is 1.56. The number of aromatic amines is 1. The fourth-order valence-corrected chi connectivity index (χ4v) is 3.14. The van der Waals surface area contributed by atoms with E-state index in [1.165, 1.54) is 11.8 Å². The summed E-state index contributed by atoms with van der Waals surface area (Å²) in [6, 6.07) is 6.74. The normalized spacial score (nSPS) is 11.3. The minimum Gasteiger partial charge on any atom is -0.469 e. The zero-order valence-electron chi connectivity index (χ0n) is 12.9. The van der Waals surface area contributed by atoms with E-state index in [4.69, 9.17) is 20.4 Å². The van der Waals surface area contributed by atoms with Gasteiger partial charge in [0.05, 0.1) is 28.5 Å². The summed E-state index contributed by atoms with van der Waals surface area (Å²) in [6.07, 6.45) is 1.57. The van der Waals surface area contributed by atoms with Gasteiger partial charge in [-0.1, -0.05) is 23.4 Å². The number of halogens is 1. The number of aromatic nitrogens is 4. The van der Waals surface area contributed by atoms with Crippen LogP contribution in [-0.4, -0.2) is 20.2 Å². The maximum atomic E-state index is 12.1. The molecule has 0 amide bonds. The van der Waals surface area contributed by atoms with E-state index in [9.17, 15) is 4.79 Å². The highest BCUT2D eigenvalue weighted by Gasteiger charge is 2.14. The Hall–Kier alpha value is -2.58. The quantitative estimate of drug-likeness (QED) is 0.542. The number of hydrogen-bond acceptors (Lipinski definition) is 7. The molecule has 1 aromatic carbocycles. The summed E-state index contributed by atoms with van der Waals surface area (Å²) in [5.74, 6) is 1.98. The molecule has 7 nitrogen and oxygen atoms in total. The van der Waals surface area contributed by atoms with Crippen molar-refractivity contribution in [2.75, 3.05) is 0 Å². The van der Waals surface area contributed by atoms with E-state index in [1.54, 1.807) is 30.5 Å². The summed E-state index contributed by atoms with van der Waals surface area (Å²) < 4.78 is 10.8. The number of fused-ring (bicyclic) bond motifs is 1. The molecule has 1 N–H and O–H groups in total. The number of H-pyrrole nitrogens is 1. The van der Waals surface area contributed by atoms with Crippen LogP contribution in [0.4, 0.5) is 0 Å². The molecule has 0 aliphatic carbocycles. The minimum atomic E-state index is -0.211. The zero-order valence-corrected chi connectivity index (χ0v) is 14.5. The van der Waals surface area contributed by atoms with Gasteiger partial charge in [0, 0.05) is 5.02 Å². The molecule has 25 heavy (non-hydrogen) atoms. The monoisotopic (exact) mass is 374 g/mol. The molecule has 0 atom stereocenters. The number of nitrogens with zero attached hydrogens (tertiary/aromatic N) is 3. The second-order valence-corrected chi connectivity index (χ2v) is 6.59. The number of hydrogen-bond donors (Lipinski definition) is 1. The highest BCUT2D eigenvalue weighted by molar-refractivity contribution is 7.98. The third kappa shape index (κ3) is 3.18. The van der Waals surface area contributed by atoms with Crippen LogP contribution in [-0.2, 0) is 5.75 Å². The molecule has 3 heterocycles. The molecule has 4 rings (SSSR count).